The number of hydrogen-bond acceptors (Lipinski definition) is 3. The fraction of sp³-hybridized carbons (Fsp3) is 0.250. The number of benzene rings is 2. The molecule has 0 heterocycles. The van der Waals surface area contributed by atoms with Crippen LogP contribution in [0.25, 0.3) is 0 Å². The number of nitrogens with one attached hydrogen (secondary N) is 2. The van der Waals surface area contributed by atoms with E-state index in [1.54, 1.807) is 18.2 Å². The number of carbonyl (C=O) groups is 2. The van der Waals surface area contributed by atoms with Gasteiger partial charge in [-0.2, -0.15) is 5.26 Å². The molecule has 128 valence electrons. The maximum absolute atomic E-state index is 12.3. The van der Waals surface area contributed by atoms with Gasteiger partial charge in [-0.15, -0.1) is 0 Å². The summed E-state index contributed by atoms with van der Waals surface area (Å²) in [4.78, 5) is 24.4. The summed E-state index contributed by atoms with van der Waals surface area (Å²) in [5.41, 5.74) is 1.79. The van der Waals surface area contributed by atoms with Crippen LogP contribution in [0.15, 0.2) is 54.6 Å². The van der Waals surface area contributed by atoms with Gasteiger partial charge in [-0.05, 0) is 36.1 Å². The summed E-state index contributed by atoms with van der Waals surface area (Å²) in [6, 6.07) is 17.8. The molecule has 0 bridgehead atoms. The van der Waals surface area contributed by atoms with Gasteiger partial charge in [0.15, 0.2) is 0 Å². The van der Waals surface area contributed by atoms with Crippen molar-refractivity contribution in [2.45, 2.75) is 26.3 Å². The lowest BCUT2D eigenvalue weighted by Crippen LogP contribution is -2.38. The van der Waals surface area contributed by atoms with Gasteiger partial charge in [0.2, 0.25) is 0 Å². The molecule has 5 nitrogen and oxygen atoms in total. The first kappa shape index (κ1) is 18.2. The van der Waals surface area contributed by atoms with Crippen molar-refractivity contribution in [3.63, 3.8) is 0 Å². The van der Waals surface area contributed by atoms with E-state index in [1.165, 1.54) is 6.07 Å². The smallest absolute Gasteiger partial charge is 0.313 e. The fourth-order valence-electron chi connectivity index (χ4n) is 2.51. The van der Waals surface area contributed by atoms with E-state index >= 15 is 0 Å². The molecule has 2 aromatic rings. The van der Waals surface area contributed by atoms with Crippen LogP contribution in [0.4, 0.5) is 5.69 Å². The Kier molecular flexibility index (Phi) is 6.30. The predicted molar refractivity (Wildman–Crippen MR) is 96.6 cm³/mol. The molecule has 0 aliphatic heterocycles. The molecule has 0 aromatic heterocycles. The first-order chi connectivity index (χ1) is 12.0. The molecule has 2 aromatic carbocycles. The number of amides is 2. The molecule has 0 radical (unpaired) electrons. The van der Waals surface area contributed by atoms with Crippen LogP contribution < -0.4 is 10.6 Å². The van der Waals surface area contributed by atoms with Crippen LogP contribution >= 0.6 is 0 Å². The number of nitrogens with zero attached hydrogens (tertiary/aromatic N) is 1. The zero-order valence-electron chi connectivity index (χ0n) is 14.3. The molecule has 2 amide bonds. The lowest BCUT2D eigenvalue weighted by atomic mass is 9.97. The number of hydrogen-bond donors (Lipinski definition) is 2. The van der Waals surface area contributed by atoms with Crippen LogP contribution in [0.2, 0.25) is 0 Å². The summed E-state index contributed by atoms with van der Waals surface area (Å²) in [6.07, 6.45) is 0.729. The van der Waals surface area contributed by atoms with Crippen LogP contribution in [-0.4, -0.2) is 11.8 Å². The quantitative estimate of drug-likeness (QED) is 0.822. The van der Waals surface area contributed by atoms with E-state index in [0.29, 0.717) is 17.2 Å². The van der Waals surface area contributed by atoms with Gasteiger partial charge in [-0.1, -0.05) is 50.2 Å². The first-order valence-electron chi connectivity index (χ1n) is 8.16. The van der Waals surface area contributed by atoms with Crippen LogP contribution in [0.3, 0.4) is 0 Å². The Balaban J connectivity index is 2.06. The van der Waals surface area contributed by atoms with Gasteiger partial charge < -0.3 is 10.6 Å². The minimum absolute atomic E-state index is 0.232. The second kappa shape index (κ2) is 8.65. The minimum Gasteiger partial charge on any atom is -0.341 e. The Morgan fingerprint density at radius 1 is 1.04 bits per heavy atom. The summed E-state index contributed by atoms with van der Waals surface area (Å²) in [5.74, 6) is -1.09. The summed E-state index contributed by atoms with van der Waals surface area (Å²) in [5, 5.41) is 14.2. The van der Waals surface area contributed by atoms with Gasteiger partial charge in [0.25, 0.3) is 0 Å². The van der Waals surface area contributed by atoms with Crippen molar-refractivity contribution in [1.82, 2.24) is 5.32 Å². The number of rotatable bonds is 5. The van der Waals surface area contributed by atoms with Crippen molar-refractivity contribution in [3.05, 3.63) is 65.7 Å². The Bertz CT molecular complexity index is 779. The fourth-order valence-corrected chi connectivity index (χ4v) is 2.51. The van der Waals surface area contributed by atoms with E-state index in [4.69, 9.17) is 5.26 Å². The normalized spacial score (nSPS) is 11.4. The highest BCUT2D eigenvalue weighted by atomic mass is 16.2. The molecule has 0 saturated heterocycles. The van der Waals surface area contributed by atoms with Crippen LogP contribution in [0.5, 0.6) is 0 Å². The van der Waals surface area contributed by atoms with Crippen molar-refractivity contribution >= 4 is 17.5 Å². The predicted octanol–water partition coefficient (Wildman–Crippen LogP) is 3.40. The average molecular weight is 335 g/mol. The molecule has 0 spiro atoms. The maximum Gasteiger partial charge on any atom is 0.313 e. The standard InChI is InChI=1S/C20H21N3O2/c1-14(2)11-18(16-8-4-3-5-9-16)23-20(25)19(24)22-17-10-6-7-15(12-17)13-21/h3-10,12,14,18H,11H2,1-2H3,(H,22,24)(H,23,25)/t18-/m0/s1. The topological polar surface area (TPSA) is 82.0 Å². The van der Waals surface area contributed by atoms with Crippen LogP contribution in [0.1, 0.15) is 37.4 Å². The van der Waals surface area contributed by atoms with Gasteiger partial charge in [0.05, 0.1) is 17.7 Å². The second-order valence-electron chi connectivity index (χ2n) is 6.21. The van der Waals surface area contributed by atoms with E-state index in [2.05, 4.69) is 24.5 Å². The third-order valence-corrected chi connectivity index (χ3v) is 3.67. The van der Waals surface area contributed by atoms with Crippen LogP contribution in [-0.2, 0) is 9.59 Å². The molecule has 0 saturated carbocycles. The lowest BCUT2D eigenvalue weighted by molar-refractivity contribution is -0.136. The number of anilines is 1. The third-order valence-electron chi connectivity index (χ3n) is 3.67. The molecule has 0 fully saturated rings. The monoisotopic (exact) mass is 335 g/mol. The zero-order chi connectivity index (χ0) is 18.2. The highest BCUT2D eigenvalue weighted by Crippen LogP contribution is 2.21. The molecule has 0 aliphatic rings. The summed E-state index contributed by atoms with van der Waals surface area (Å²) >= 11 is 0. The molecule has 0 unspecified atom stereocenters. The van der Waals surface area contributed by atoms with Gasteiger partial charge in [-0.3, -0.25) is 9.59 Å². The van der Waals surface area contributed by atoms with Gasteiger partial charge in [0.1, 0.15) is 0 Å². The second-order valence-corrected chi connectivity index (χ2v) is 6.21. The van der Waals surface area contributed by atoms with Gasteiger partial charge >= 0.3 is 11.8 Å². The Labute approximate surface area is 147 Å². The summed E-state index contributed by atoms with van der Waals surface area (Å²) < 4.78 is 0. The largest absolute Gasteiger partial charge is 0.341 e. The van der Waals surface area contributed by atoms with Gasteiger partial charge in [0, 0.05) is 5.69 Å². The highest BCUT2D eigenvalue weighted by molar-refractivity contribution is 6.39. The molecule has 1 atom stereocenters. The van der Waals surface area contributed by atoms with E-state index in [-0.39, 0.29) is 6.04 Å². The molecular weight excluding hydrogens is 314 g/mol. The molecular formula is C20H21N3O2. The molecule has 0 aliphatic carbocycles. The molecule has 5 heteroatoms. The van der Waals surface area contributed by atoms with Gasteiger partial charge in [-0.25, -0.2) is 0 Å². The Morgan fingerprint density at radius 3 is 2.40 bits per heavy atom. The SMILES string of the molecule is CC(C)C[C@H](NC(=O)C(=O)Nc1cccc(C#N)c1)c1ccccc1. The van der Waals surface area contributed by atoms with Crippen molar-refractivity contribution in [2.24, 2.45) is 5.92 Å². The lowest BCUT2D eigenvalue weighted by Gasteiger charge is -2.21. The summed E-state index contributed by atoms with van der Waals surface area (Å²) in [6.45, 7) is 4.13. The maximum atomic E-state index is 12.3. The van der Waals surface area contributed by atoms with Crippen molar-refractivity contribution in [3.8, 4) is 6.07 Å². The van der Waals surface area contributed by atoms with Crippen molar-refractivity contribution in [1.29, 1.82) is 5.26 Å². The van der Waals surface area contributed by atoms with E-state index in [0.717, 1.165) is 12.0 Å². The number of carbonyl (C=O) groups excluding carboxylic acids is 2. The van der Waals surface area contributed by atoms with Crippen molar-refractivity contribution < 1.29 is 9.59 Å². The first-order valence-corrected chi connectivity index (χ1v) is 8.16. The third kappa shape index (κ3) is 5.47. The summed E-state index contributed by atoms with van der Waals surface area (Å²) in [7, 11) is 0. The number of nitriles is 1. The van der Waals surface area contributed by atoms with E-state index in [9.17, 15) is 9.59 Å². The Hall–Kier alpha value is -3.13. The van der Waals surface area contributed by atoms with Crippen LogP contribution in [0, 0.1) is 17.2 Å². The zero-order valence-corrected chi connectivity index (χ0v) is 14.3. The highest BCUT2D eigenvalue weighted by Gasteiger charge is 2.21. The molecule has 25 heavy (non-hydrogen) atoms. The molecule has 2 N–H and O–H groups in total. The van der Waals surface area contributed by atoms with E-state index < -0.39 is 11.8 Å². The van der Waals surface area contributed by atoms with Crippen molar-refractivity contribution in [2.75, 3.05) is 5.32 Å². The molecule has 2 rings (SSSR count). The van der Waals surface area contributed by atoms with E-state index in [1.807, 2.05) is 36.4 Å². The minimum atomic E-state index is -0.750. The Morgan fingerprint density at radius 2 is 1.76 bits per heavy atom. The average Bonchev–Trinajstić information content (AvgIpc) is 2.61.